The van der Waals surface area contributed by atoms with E-state index in [1.54, 1.807) is 18.3 Å². The van der Waals surface area contributed by atoms with E-state index in [0.717, 1.165) is 12.1 Å². The van der Waals surface area contributed by atoms with Gasteiger partial charge in [0.05, 0.1) is 16.6 Å². The van der Waals surface area contributed by atoms with Crippen LogP contribution in [-0.4, -0.2) is 15.0 Å². The Bertz CT molecular complexity index is 700. The summed E-state index contributed by atoms with van der Waals surface area (Å²) < 4.78 is 26.2. The molecule has 0 saturated heterocycles. The molecule has 3 rings (SSSR count). The molecule has 6 heteroatoms. The summed E-state index contributed by atoms with van der Waals surface area (Å²) in [4.78, 5) is 11.0. The Morgan fingerprint density at radius 2 is 1.94 bits per heavy atom. The van der Waals surface area contributed by atoms with Crippen LogP contribution in [0.5, 0.6) is 0 Å². The van der Waals surface area contributed by atoms with E-state index in [2.05, 4.69) is 15.0 Å². The number of fused-ring (bicyclic) bond motifs is 1. The molecular weight excluding hydrogens is 260 g/mol. The number of aromatic amines is 1. The number of pyridine rings is 1. The van der Waals surface area contributed by atoms with Gasteiger partial charge in [0.1, 0.15) is 11.0 Å². The first kappa shape index (κ1) is 11.1. The number of hydrogen-bond acceptors (Lipinski definition) is 2. The van der Waals surface area contributed by atoms with Crippen molar-refractivity contribution in [1.29, 1.82) is 0 Å². The molecule has 2 aromatic heterocycles. The van der Waals surface area contributed by atoms with E-state index in [0.29, 0.717) is 22.4 Å². The van der Waals surface area contributed by atoms with Gasteiger partial charge < -0.3 is 4.98 Å². The lowest BCUT2D eigenvalue weighted by molar-refractivity contribution is 0.510. The van der Waals surface area contributed by atoms with Gasteiger partial charge in [-0.1, -0.05) is 11.6 Å². The Morgan fingerprint density at radius 3 is 2.72 bits per heavy atom. The maximum Gasteiger partial charge on any atom is 0.161 e. The predicted molar refractivity (Wildman–Crippen MR) is 64.3 cm³/mol. The second-order valence-corrected chi connectivity index (χ2v) is 4.07. The smallest absolute Gasteiger partial charge is 0.161 e. The number of rotatable bonds is 1. The fraction of sp³-hybridized carbons (Fsp3) is 0. The molecule has 0 aliphatic rings. The molecule has 0 saturated carbocycles. The van der Waals surface area contributed by atoms with Crippen molar-refractivity contribution in [1.82, 2.24) is 15.0 Å². The molecule has 18 heavy (non-hydrogen) atoms. The highest BCUT2D eigenvalue weighted by atomic mass is 35.5. The molecule has 0 spiro atoms. The Labute approximate surface area is 105 Å². The van der Waals surface area contributed by atoms with Crippen LogP contribution in [0.25, 0.3) is 22.4 Å². The normalized spacial score (nSPS) is 11.1. The summed E-state index contributed by atoms with van der Waals surface area (Å²) in [7, 11) is 0. The van der Waals surface area contributed by atoms with Crippen molar-refractivity contribution in [3.05, 3.63) is 47.2 Å². The van der Waals surface area contributed by atoms with E-state index >= 15 is 0 Å². The standard InChI is InChI=1S/C12H6ClF2N3/c13-11-6(2-1-3-16-11)12-17-9-4-7(14)8(15)5-10(9)18-12/h1-5H,(H,17,18). The fourth-order valence-corrected chi connectivity index (χ4v) is 1.90. The largest absolute Gasteiger partial charge is 0.338 e. The molecule has 2 heterocycles. The van der Waals surface area contributed by atoms with Crippen LogP contribution in [0.2, 0.25) is 5.15 Å². The summed E-state index contributed by atoms with van der Waals surface area (Å²) in [6, 6.07) is 5.52. The van der Waals surface area contributed by atoms with Gasteiger partial charge in [0, 0.05) is 18.3 Å². The van der Waals surface area contributed by atoms with E-state index in [4.69, 9.17) is 11.6 Å². The fourth-order valence-electron chi connectivity index (χ4n) is 1.70. The molecule has 3 aromatic rings. The molecule has 90 valence electrons. The molecule has 0 fully saturated rings. The van der Waals surface area contributed by atoms with Crippen molar-refractivity contribution in [2.24, 2.45) is 0 Å². The molecule has 0 unspecified atom stereocenters. The third kappa shape index (κ3) is 1.73. The maximum absolute atomic E-state index is 13.1. The van der Waals surface area contributed by atoms with E-state index < -0.39 is 11.6 Å². The summed E-state index contributed by atoms with van der Waals surface area (Å²) in [5.74, 6) is -1.43. The van der Waals surface area contributed by atoms with Crippen LogP contribution >= 0.6 is 11.6 Å². The molecule has 0 atom stereocenters. The van der Waals surface area contributed by atoms with Crippen LogP contribution in [-0.2, 0) is 0 Å². The lowest BCUT2D eigenvalue weighted by atomic mass is 10.3. The molecule has 3 nitrogen and oxygen atoms in total. The monoisotopic (exact) mass is 265 g/mol. The first-order valence-electron chi connectivity index (χ1n) is 5.11. The van der Waals surface area contributed by atoms with Crippen LogP contribution in [0, 0.1) is 11.6 Å². The maximum atomic E-state index is 13.1. The molecule has 0 amide bonds. The molecular formula is C12H6ClF2N3. The Morgan fingerprint density at radius 1 is 1.17 bits per heavy atom. The van der Waals surface area contributed by atoms with Crippen molar-refractivity contribution in [3.8, 4) is 11.4 Å². The number of hydrogen-bond donors (Lipinski definition) is 1. The van der Waals surface area contributed by atoms with Gasteiger partial charge in [0.25, 0.3) is 0 Å². The van der Waals surface area contributed by atoms with Gasteiger partial charge in [-0.15, -0.1) is 0 Å². The molecule has 1 aromatic carbocycles. The highest BCUT2D eigenvalue weighted by Gasteiger charge is 2.12. The van der Waals surface area contributed by atoms with Gasteiger partial charge >= 0.3 is 0 Å². The minimum atomic E-state index is -0.933. The summed E-state index contributed by atoms with van der Waals surface area (Å²) in [6.07, 6.45) is 1.55. The summed E-state index contributed by atoms with van der Waals surface area (Å²) in [6.45, 7) is 0. The Hall–Kier alpha value is -2.01. The SMILES string of the molecule is Fc1cc2nc(-c3cccnc3Cl)[nH]c2cc1F. The van der Waals surface area contributed by atoms with Crippen molar-refractivity contribution in [3.63, 3.8) is 0 Å². The number of imidazole rings is 1. The lowest BCUT2D eigenvalue weighted by Gasteiger charge is -1.97. The average Bonchev–Trinajstić information content (AvgIpc) is 2.73. The molecule has 0 aliphatic carbocycles. The minimum absolute atomic E-state index is 0.275. The number of nitrogens with one attached hydrogen (secondary N) is 1. The first-order chi connectivity index (χ1) is 8.65. The summed E-state index contributed by atoms with van der Waals surface area (Å²) in [5, 5.41) is 0.275. The van der Waals surface area contributed by atoms with Crippen LogP contribution in [0.15, 0.2) is 30.5 Å². The zero-order valence-corrected chi connectivity index (χ0v) is 9.67. The zero-order chi connectivity index (χ0) is 12.7. The third-order valence-electron chi connectivity index (χ3n) is 2.54. The van der Waals surface area contributed by atoms with Crippen molar-refractivity contribution in [2.75, 3.05) is 0 Å². The number of aromatic nitrogens is 3. The summed E-state index contributed by atoms with van der Waals surface area (Å²) >= 11 is 5.93. The van der Waals surface area contributed by atoms with E-state index in [1.807, 2.05) is 0 Å². The van der Waals surface area contributed by atoms with Crippen LogP contribution in [0.3, 0.4) is 0 Å². The number of benzene rings is 1. The van der Waals surface area contributed by atoms with Crippen molar-refractivity contribution in [2.45, 2.75) is 0 Å². The highest BCUT2D eigenvalue weighted by Crippen LogP contribution is 2.26. The van der Waals surface area contributed by atoms with Crippen LogP contribution in [0.4, 0.5) is 8.78 Å². The molecule has 0 aliphatic heterocycles. The molecule has 0 radical (unpaired) electrons. The molecule has 0 bridgehead atoms. The second kappa shape index (κ2) is 4.03. The Balaban J connectivity index is 2.23. The van der Waals surface area contributed by atoms with Gasteiger partial charge in [-0.2, -0.15) is 0 Å². The summed E-state index contributed by atoms with van der Waals surface area (Å²) in [5.41, 5.74) is 1.32. The first-order valence-corrected chi connectivity index (χ1v) is 5.48. The van der Waals surface area contributed by atoms with E-state index in [9.17, 15) is 8.78 Å². The van der Waals surface area contributed by atoms with Crippen LogP contribution in [0.1, 0.15) is 0 Å². The topological polar surface area (TPSA) is 41.6 Å². The van der Waals surface area contributed by atoms with Crippen LogP contribution < -0.4 is 0 Å². The highest BCUT2D eigenvalue weighted by molar-refractivity contribution is 6.31. The van der Waals surface area contributed by atoms with E-state index in [1.165, 1.54) is 0 Å². The van der Waals surface area contributed by atoms with Gasteiger partial charge in [-0.05, 0) is 12.1 Å². The van der Waals surface area contributed by atoms with Crippen molar-refractivity contribution >= 4 is 22.6 Å². The van der Waals surface area contributed by atoms with Gasteiger partial charge in [0.15, 0.2) is 11.6 Å². The molecule has 1 N–H and O–H groups in total. The lowest BCUT2D eigenvalue weighted by Crippen LogP contribution is -1.83. The van der Waals surface area contributed by atoms with Gasteiger partial charge in [0.2, 0.25) is 0 Å². The Kier molecular flexibility index (Phi) is 2.48. The minimum Gasteiger partial charge on any atom is -0.338 e. The van der Waals surface area contributed by atoms with Gasteiger partial charge in [-0.3, -0.25) is 0 Å². The second-order valence-electron chi connectivity index (χ2n) is 3.71. The van der Waals surface area contributed by atoms with E-state index in [-0.39, 0.29) is 5.15 Å². The number of halogens is 3. The third-order valence-corrected chi connectivity index (χ3v) is 2.84. The van der Waals surface area contributed by atoms with Crippen molar-refractivity contribution < 1.29 is 8.78 Å². The average molecular weight is 266 g/mol. The number of H-pyrrole nitrogens is 1. The number of nitrogens with zero attached hydrogens (tertiary/aromatic N) is 2. The quantitative estimate of drug-likeness (QED) is 0.684. The van der Waals surface area contributed by atoms with Gasteiger partial charge in [-0.25, -0.2) is 18.7 Å². The predicted octanol–water partition coefficient (Wildman–Crippen LogP) is 3.56. The zero-order valence-electron chi connectivity index (χ0n) is 8.92.